The van der Waals surface area contributed by atoms with E-state index >= 15 is 0 Å². The van der Waals surface area contributed by atoms with Crippen LogP contribution in [0.4, 0.5) is 0 Å². The highest BCUT2D eigenvalue weighted by Gasteiger charge is 2.17. The number of methoxy groups -OCH3 is 2. The molecule has 23 heavy (non-hydrogen) atoms. The van der Waals surface area contributed by atoms with Crippen LogP contribution >= 0.6 is 0 Å². The van der Waals surface area contributed by atoms with Crippen molar-refractivity contribution in [3.05, 3.63) is 41.8 Å². The fourth-order valence-corrected chi connectivity index (χ4v) is 1.84. The van der Waals surface area contributed by atoms with E-state index in [9.17, 15) is 4.79 Å². The Bertz CT molecular complexity index is 1020. The molecular formula is C19H24O4. The molecule has 4 nitrogen and oxygen atoms in total. The van der Waals surface area contributed by atoms with Gasteiger partial charge >= 0.3 is 5.97 Å². The highest BCUT2D eigenvalue weighted by Crippen LogP contribution is 2.25. The monoisotopic (exact) mass is 325 g/mol. The molecule has 0 fully saturated rings. The van der Waals surface area contributed by atoms with Crippen molar-refractivity contribution >= 4 is 16.7 Å². The predicted molar refractivity (Wildman–Crippen MR) is 91.0 cm³/mol. The van der Waals surface area contributed by atoms with Crippen molar-refractivity contribution in [2.45, 2.75) is 25.6 Å². The second-order valence-electron chi connectivity index (χ2n) is 4.75. The number of ether oxygens (including phenoxy) is 3. The van der Waals surface area contributed by atoms with Crippen molar-refractivity contribution in [1.29, 1.82) is 0 Å². The second-order valence-corrected chi connectivity index (χ2v) is 4.75. The topological polar surface area (TPSA) is 44.8 Å². The summed E-state index contributed by atoms with van der Waals surface area (Å²) in [5.74, 6) is -3.52. The summed E-state index contributed by atoms with van der Waals surface area (Å²) < 4.78 is 88.0. The molecule has 1 atom stereocenters. The quantitative estimate of drug-likeness (QED) is 0.545. The van der Waals surface area contributed by atoms with Gasteiger partial charge in [0, 0.05) is 17.8 Å². The normalized spacial score (nSPS) is 18.3. The van der Waals surface area contributed by atoms with Crippen LogP contribution in [0.3, 0.4) is 0 Å². The summed E-state index contributed by atoms with van der Waals surface area (Å²) in [7, 11) is 2.70. The van der Waals surface area contributed by atoms with Crippen molar-refractivity contribution in [2.24, 2.45) is 0 Å². The first-order valence-corrected chi connectivity index (χ1v) is 7.12. The standard InChI is InChI=1S/C19H24O4/c1-14(19(20)23-11-5-4-10-21-2)15-6-7-17-13-18(22-3)9-8-16(17)12-15/h6-9,12-14H,4-5,10-11H2,1-3H3/t14-/m0/s1/i1D3,6D,7D,8D,9D,12D,13D. The molecule has 0 aliphatic heterocycles. The van der Waals surface area contributed by atoms with E-state index in [4.69, 9.17) is 26.5 Å². The largest absolute Gasteiger partial charge is 0.497 e. The number of hydrogen-bond donors (Lipinski definition) is 0. The van der Waals surface area contributed by atoms with Crippen molar-refractivity contribution in [1.82, 2.24) is 0 Å². The van der Waals surface area contributed by atoms with Gasteiger partial charge in [0.2, 0.25) is 0 Å². The summed E-state index contributed by atoms with van der Waals surface area (Å²) >= 11 is 0. The number of rotatable bonds is 8. The van der Waals surface area contributed by atoms with Gasteiger partial charge in [-0.15, -0.1) is 0 Å². The number of hydrogen-bond acceptors (Lipinski definition) is 4. The molecule has 0 unspecified atom stereocenters. The number of unbranched alkanes of at least 4 members (excludes halogenated alkanes) is 1. The molecule has 0 radical (unpaired) electrons. The van der Waals surface area contributed by atoms with E-state index in [0.29, 0.717) is 19.4 Å². The van der Waals surface area contributed by atoms with Crippen molar-refractivity contribution in [3.8, 4) is 5.75 Å². The molecule has 0 heterocycles. The number of esters is 1. The van der Waals surface area contributed by atoms with E-state index < -0.39 is 60.6 Å². The number of benzene rings is 2. The van der Waals surface area contributed by atoms with Gasteiger partial charge in [0.15, 0.2) is 0 Å². The Kier molecular flexibility index (Phi) is 3.22. The Labute approximate surface area is 150 Å². The van der Waals surface area contributed by atoms with Gasteiger partial charge in [-0.1, -0.05) is 24.2 Å². The molecule has 0 bridgehead atoms. The fraction of sp³-hybridized carbons (Fsp3) is 0.421. The fourth-order valence-electron chi connectivity index (χ4n) is 1.84. The average molecular weight is 325 g/mol. The molecule has 0 aromatic heterocycles. The van der Waals surface area contributed by atoms with E-state index in [1.165, 1.54) is 14.2 Å². The molecule has 0 amide bonds. The summed E-state index contributed by atoms with van der Waals surface area (Å²) in [5.41, 5.74) is -0.596. The summed E-state index contributed by atoms with van der Waals surface area (Å²) in [5, 5.41) is -0.655. The molecule has 124 valence electrons. The van der Waals surface area contributed by atoms with Gasteiger partial charge in [-0.05, 0) is 48.1 Å². The molecule has 2 rings (SSSR count). The zero-order valence-corrected chi connectivity index (χ0v) is 13.0. The second kappa shape index (κ2) is 8.53. The molecule has 4 heteroatoms. The molecule has 0 spiro atoms. The summed E-state index contributed by atoms with van der Waals surface area (Å²) in [6.07, 6.45) is 0.988. The van der Waals surface area contributed by atoms with Crippen LogP contribution in [0.5, 0.6) is 5.75 Å². The summed E-state index contributed by atoms with van der Waals surface area (Å²) in [6, 6.07) is -3.59. The van der Waals surface area contributed by atoms with Crippen LogP contribution in [-0.2, 0) is 14.3 Å². The minimum Gasteiger partial charge on any atom is -0.497 e. The third kappa shape index (κ3) is 4.70. The molecule has 2 aromatic rings. The Morgan fingerprint density at radius 3 is 2.61 bits per heavy atom. The maximum Gasteiger partial charge on any atom is 0.313 e. The smallest absolute Gasteiger partial charge is 0.313 e. The van der Waals surface area contributed by atoms with Crippen LogP contribution in [0.25, 0.3) is 10.8 Å². The molecule has 0 saturated heterocycles. The maximum atomic E-state index is 12.7. The average Bonchev–Trinajstić information content (AvgIpc) is 2.71. The number of fused-ring (bicyclic) bond motifs is 1. The first-order valence-electron chi connectivity index (χ1n) is 11.6. The van der Waals surface area contributed by atoms with Crippen LogP contribution in [0.15, 0.2) is 36.3 Å². The van der Waals surface area contributed by atoms with E-state index in [1.807, 2.05) is 0 Å². The van der Waals surface area contributed by atoms with Gasteiger partial charge in [-0.25, -0.2) is 0 Å². The zero-order chi connectivity index (χ0) is 24.4. The Morgan fingerprint density at radius 1 is 1.13 bits per heavy atom. The van der Waals surface area contributed by atoms with E-state index in [1.54, 1.807) is 0 Å². The minimum absolute atomic E-state index is 0.0919. The molecule has 2 aromatic carbocycles. The number of carbonyl (C=O) groups excluding carboxylic acids is 1. The molecule has 0 saturated carbocycles. The highest BCUT2D eigenvalue weighted by molar-refractivity contribution is 5.86. The Morgan fingerprint density at radius 2 is 1.87 bits per heavy atom. The van der Waals surface area contributed by atoms with Gasteiger partial charge in [-0.2, -0.15) is 0 Å². The summed E-state index contributed by atoms with van der Waals surface area (Å²) in [4.78, 5) is 12.7. The van der Waals surface area contributed by atoms with Gasteiger partial charge in [0.25, 0.3) is 0 Å². The Balaban J connectivity index is 2.72. The predicted octanol–water partition coefficient (Wildman–Crippen LogP) is 3.92. The first-order chi connectivity index (χ1) is 14.9. The lowest BCUT2D eigenvalue weighted by Gasteiger charge is -2.13. The molecular weight excluding hydrogens is 292 g/mol. The lowest BCUT2D eigenvalue weighted by atomic mass is 9.98. The van der Waals surface area contributed by atoms with Crippen LogP contribution in [0.2, 0.25) is 0 Å². The minimum atomic E-state index is -3.00. The van der Waals surface area contributed by atoms with Crippen LogP contribution in [0.1, 0.15) is 43.5 Å². The van der Waals surface area contributed by atoms with Crippen LogP contribution in [-0.4, -0.2) is 33.4 Å². The van der Waals surface area contributed by atoms with E-state index in [2.05, 4.69) is 0 Å². The van der Waals surface area contributed by atoms with E-state index in [-0.39, 0.29) is 23.1 Å². The van der Waals surface area contributed by atoms with Crippen LogP contribution < -0.4 is 4.74 Å². The third-order valence-corrected chi connectivity index (χ3v) is 3.09. The third-order valence-electron chi connectivity index (χ3n) is 3.09. The molecule has 0 aliphatic rings. The van der Waals surface area contributed by atoms with Gasteiger partial charge < -0.3 is 14.2 Å². The molecule has 0 aliphatic carbocycles. The Hall–Kier alpha value is -2.07. The lowest BCUT2D eigenvalue weighted by Crippen LogP contribution is -2.14. The van der Waals surface area contributed by atoms with E-state index in [0.717, 1.165) is 0 Å². The molecule has 0 N–H and O–H groups in total. The summed E-state index contributed by atoms with van der Waals surface area (Å²) in [6.45, 7) is -2.66. The maximum absolute atomic E-state index is 12.7. The zero-order valence-electron chi connectivity index (χ0n) is 22.0. The van der Waals surface area contributed by atoms with Crippen molar-refractivity contribution in [3.63, 3.8) is 0 Å². The lowest BCUT2D eigenvalue weighted by molar-refractivity contribution is -0.145. The van der Waals surface area contributed by atoms with Gasteiger partial charge in [0.05, 0.1) is 27.9 Å². The van der Waals surface area contributed by atoms with Gasteiger partial charge in [0.1, 0.15) is 5.75 Å². The number of carbonyl (C=O) groups is 1. The van der Waals surface area contributed by atoms with Gasteiger partial charge in [-0.3, -0.25) is 4.79 Å². The van der Waals surface area contributed by atoms with Crippen molar-refractivity contribution in [2.75, 3.05) is 27.4 Å². The SMILES string of the molecule is [2H]c1c([C@@H](C(=O)OCCCCOC)C([2H])([2H])[2H])c([2H])c2c([2H])c([2H])c(OC)c([2H])c2c1[2H]. The van der Waals surface area contributed by atoms with Crippen molar-refractivity contribution < 1.29 is 31.3 Å². The highest BCUT2D eigenvalue weighted by atomic mass is 16.5. The van der Waals surface area contributed by atoms with Crippen LogP contribution in [0, 0.1) is 0 Å². The first kappa shape index (κ1) is 8.69.